The molecule has 0 saturated carbocycles. The van der Waals surface area contributed by atoms with Crippen molar-refractivity contribution in [3.05, 3.63) is 140 Å². The smallest absolute Gasteiger partial charge is 0.143 e. The van der Waals surface area contributed by atoms with Gasteiger partial charge in [-0.3, -0.25) is 4.98 Å². The highest BCUT2D eigenvalue weighted by molar-refractivity contribution is 6.13. The summed E-state index contributed by atoms with van der Waals surface area (Å²) in [5.74, 6) is 0. The second kappa shape index (κ2) is 8.92. The predicted molar refractivity (Wildman–Crippen MR) is 153 cm³/mol. The van der Waals surface area contributed by atoms with Gasteiger partial charge in [-0.15, -0.1) is 0 Å². The number of furan rings is 1. The van der Waals surface area contributed by atoms with Crippen molar-refractivity contribution in [1.82, 2.24) is 4.98 Å². The summed E-state index contributed by atoms with van der Waals surface area (Å²) < 4.78 is 6.68. The Kier molecular flexibility index (Phi) is 5.15. The van der Waals surface area contributed by atoms with E-state index in [-0.39, 0.29) is 0 Å². The van der Waals surface area contributed by atoms with Gasteiger partial charge in [0.25, 0.3) is 0 Å². The molecule has 2 heteroatoms. The molecular formula is C35H23NO. The van der Waals surface area contributed by atoms with Crippen LogP contribution in [0.3, 0.4) is 0 Å². The number of fused-ring (bicyclic) bond motifs is 3. The molecule has 0 aliphatic heterocycles. The quantitative estimate of drug-likeness (QED) is 0.254. The number of hydrogen-bond acceptors (Lipinski definition) is 2. The van der Waals surface area contributed by atoms with Gasteiger partial charge in [0.15, 0.2) is 0 Å². The van der Waals surface area contributed by atoms with E-state index in [0.29, 0.717) is 0 Å². The third-order valence-corrected chi connectivity index (χ3v) is 6.97. The zero-order valence-corrected chi connectivity index (χ0v) is 20.1. The van der Waals surface area contributed by atoms with Crippen LogP contribution in [0.5, 0.6) is 0 Å². The molecule has 0 amide bonds. The highest BCUT2D eigenvalue weighted by Gasteiger charge is 2.17. The van der Waals surface area contributed by atoms with Gasteiger partial charge in [0.1, 0.15) is 11.2 Å². The molecule has 7 aromatic rings. The molecule has 0 unspecified atom stereocenters. The van der Waals surface area contributed by atoms with Gasteiger partial charge in [0, 0.05) is 39.2 Å². The molecule has 174 valence electrons. The fourth-order valence-corrected chi connectivity index (χ4v) is 5.18. The van der Waals surface area contributed by atoms with Crippen molar-refractivity contribution in [2.45, 2.75) is 0 Å². The van der Waals surface area contributed by atoms with Gasteiger partial charge in [-0.2, -0.15) is 0 Å². The number of aromatic nitrogens is 1. The highest BCUT2D eigenvalue weighted by Crippen LogP contribution is 2.42. The Bertz CT molecular complexity index is 1850. The topological polar surface area (TPSA) is 26.0 Å². The molecule has 0 spiro atoms. The van der Waals surface area contributed by atoms with E-state index < -0.39 is 0 Å². The van der Waals surface area contributed by atoms with Crippen LogP contribution in [0.4, 0.5) is 0 Å². The van der Waals surface area contributed by atoms with Gasteiger partial charge in [-0.25, -0.2) is 0 Å². The maximum atomic E-state index is 6.68. The first-order chi connectivity index (χ1) is 18.4. The van der Waals surface area contributed by atoms with Gasteiger partial charge in [0.2, 0.25) is 0 Å². The average Bonchev–Trinajstić information content (AvgIpc) is 3.37. The average molecular weight is 474 g/mol. The molecule has 0 N–H and O–H groups in total. The molecular weight excluding hydrogens is 450 g/mol. The molecule has 2 nitrogen and oxygen atoms in total. The fraction of sp³-hybridized carbons (Fsp3) is 0. The van der Waals surface area contributed by atoms with E-state index in [9.17, 15) is 0 Å². The lowest BCUT2D eigenvalue weighted by molar-refractivity contribution is 0.671. The summed E-state index contributed by atoms with van der Waals surface area (Å²) >= 11 is 0. The molecule has 0 saturated heterocycles. The number of para-hydroxylation sites is 2. The Hall–Kier alpha value is -4.95. The lowest BCUT2D eigenvalue weighted by Gasteiger charge is -2.11. The monoisotopic (exact) mass is 473 g/mol. The van der Waals surface area contributed by atoms with Crippen molar-refractivity contribution in [1.29, 1.82) is 0 Å². The van der Waals surface area contributed by atoms with Crippen LogP contribution in [0.25, 0.3) is 66.6 Å². The Morgan fingerprint density at radius 1 is 0.378 bits per heavy atom. The number of nitrogens with zero attached hydrogens (tertiary/aromatic N) is 1. The molecule has 2 heterocycles. The van der Waals surface area contributed by atoms with E-state index >= 15 is 0 Å². The normalized spacial score (nSPS) is 11.2. The fourth-order valence-electron chi connectivity index (χ4n) is 5.18. The lowest BCUT2D eigenvalue weighted by Crippen LogP contribution is -1.88. The summed E-state index contributed by atoms with van der Waals surface area (Å²) in [6.07, 6.45) is 1.97. The van der Waals surface area contributed by atoms with Crippen LogP contribution in [-0.4, -0.2) is 4.98 Å². The number of hydrogen-bond donors (Lipinski definition) is 0. The Morgan fingerprint density at radius 2 is 0.946 bits per heavy atom. The van der Waals surface area contributed by atoms with Crippen LogP contribution in [0.2, 0.25) is 0 Å². The van der Waals surface area contributed by atoms with Gasteiger partial charge < -0.3 is 4.42 Å². The molecule has 7 rings (SSSR count). The second-order valence-electron chi connectivity index (χ2n) is 9.18. The standard InChI is InChI=1S/C35H23NO/c1-3-11-24(12-4-1)28-17-9-19-31-32-20-10-18-30(35(32)37-34(28)31)29-16-8-7-15-27(29)26-21-22-33(36-23-26)25-13-5-2-6-14-25/h1-23H. The molecule has 0 aliphatic carbocycles. The van der Waals surface area contributed by atoms with Crippen LogP contribution >= 0.6 is 0 Å². The minimum Gasteiger partial charge on any atom is -0.455 e. The zero-order valence-electron chi connectivity index (χ0n) is 20.1. The maximum Gasteiger partial charge on any atom is 0.143 e. The molecule has 0 fully saturated rings. The largest absolute Gasteiger partial charge is 0.455 e. The Balaban J connectivity index is 1.39. The molecule has 2 aromatic heterocycles. The van der Waals surface area contributed by atoms with Crippen LogP contribution < -0.4 is 0 Å². The van der Waals surface area contributed by atoms with Crippen molar-refractivity contribution in [3.8, 4) is 44.6 Å². The second-order valence-corrected chi connectivity index (χ2v) is 9.18. The van der Waals surface area contributed by atoms with E-state index in [1.165, 1.54) is 0 Å². The van der Waals surface area contributed by atoms with Crippen LogP contribution in [0.1, 0.15) is 0 Å². The lowest BCUT2D eigenvalue weighted by atomic mass is 9.94. The minimum absolute atomic E-state index is 0.905. The molecule has 0 radical (unpaired) electrons. The van der Waals surface area contributed by atoms with Crippen molar-refractivity contribution in [3.63, 3.8) is 0 Å². The molecule has 37 heavy (non-hydrogen) atoms. The molecule has 0 atom stereocenters. The molecule has 5 aromatic carbocycles. The first kappa shape index (κ1) is 21.3. The van der Waals surface area contributed by atoms with Crippen molar-refractivity contribution in [2.75, 3.05) is 0 Å². The van der Waals surface area contributed by atoms with Crippen LogP contribution in [-0.2, 0) is 0 Å². The maximum absolute atomic E-state index is 6.68. The van der Waals surface area contributed by atoms with E-state index in [2.05, 4.69) is 109 Å². The van der Waals surface area contributed by atoms with E-state index in [0.717, 1.165) is 66.6 Å². The number of benzene rings is 5. The van der Waals surface area contributed by atoms with Crippen LogP contribution in [0, 0.1) is 0 Å². The first-order valence-electron chi connectivity index (χ1n) is 12.5. The summed E-state index contributed by atoms with van der Waals surface area (Å²) in [5.41, 5.74) is 10.6. The first-order valence-corrected chi connectivity index (χ1v) is 12.5. The van der Waals surface area contributed by atoms with Crippen molar-refractivity contribution >= 4 is 21.9 Å². The van der Waals surface area contributed by atoms with Crippen LogP contribution in [0.15, 0.2) is 144 Å². The van der Waals surface area contributed by atoms with Gasteiger partial charge in [-0.05, 0) is 22.8 Å². The van der Waals surface area contributed by atoms with Gasteiger partial charge >= 0.3 is 0 Å². The molecule has 0 bridgehead atoms. The third-order valence-electron chi connectivity index (χ3n) is 6.97. The molecule has 0 aliphatic rings. The van der Waals surface area contributed by atoms with Crippen molar-refractivity contribution in [2.24, 2.45) is 0 Å². The van der Waals surface area contributed by atoms with E-state index in [1.807, 2.05) is 30.5 Å². The zero-order chi connectivity index (χ0) is 24.6. The van der Waals surface area contributed by atoms with Gasteiger partial charge in [0.05, 0.1) is 5.69 Å². The Morgan fingerprint density at radius 3 is 1.62 bits per heavy atom. The summed E-state index contributed by atoms with van der Waals surface area (Å²) in [5, 5.41) is 2.25. The Labute approximate surface area is 215 Å². The van der Waals surface area contributed by atoms with E-state index in [4.69, 9.17) is 9.40 Å². The number of pyridine rings is 1. The SMILES string of the molecule is c1ccc(-c2ccc(-c3ccccc3-c3cccc4c3oc3c(-c5ccccc5)cccc34)cn2)cc1. The highest BCUT2D eigenvalue weighted by atomic mass is 16.3. The minimum atomic E-state index is 0.905. The van der Waals surface area contributed by atoms with E-state index in [1.54, 1.807) is 0 Å². The summed E-state index contributed by atoms with van der Waals surface area (Å²) in [7, 11) is 0. The van der Waals surface area contributed by atoms with Crippen molar-refractivity contribution < 1.29 is 4.42 Å². The number of rotatable bonds is 4. The third kappa shape index (κ3) is 3.71. The summed E-state index contributed by atoms with van der Waals surface area (Å²) in [4.78, 5) is 4.78. The summed E-state index contributed by atoms with van der Waals surface area (Å²) in [6.45, 7) is 0. The summed E-state index contributed by atoms with van der Waals surface area (Å²) in [6, 6.07) is 46.3. The predicted octanol–water partition coefficient (Wildman–Crippen LogP) is 9.65. The van der Waals surface area contributed by atoms with Gasteiger partial charge in [-0.1, -0.05) is 127 Å².